The summed E-state index contributed by atoms with van der Waals surface area (Å²) in [5.41, 5.74) is 1.56. The van der Waals surface area contributed by atoms with E-state index in [9.17, 15) is 4.79 Å². The van der Waals surface area contributed by atoms with Gasteiger partial charge in [-0.25, -0.2) is 0 Å². The van der Waals surface area contributed by atoms with Crippen molar-refractivity contribution in [2.75, 3.05) is 11.9 Å². The molecule has 0 saturated carbocycles. The maximum atomic E-state index is 11.9. The molecule has 1 amide bonds. The van der Waals surface area contributed by atoms with Crippen LogP contribution in [0.25, 0.3) is 0 Å². The number of carbonyl (C=O) groups is 1. The molecule has 0 radical (unpaired) electrons. The lowest BCUT2D eigenvalue weighted by molar-refractivity contribution is -0.117. The van der Waals surface area contributed by atoms with E-state index in [1.54, 1.807) is 0 Å². The maximum Gasteiger partial charge on any atom is 0.242 e. The lowest BCUT2D eigenvalue weighted by Gasteiger charge is -2.09. The van der Waals surface area contributed by atoms with Gasteiger partial charge in [-0.1, -0.05) is 0 Å². The molecule has 1 aromatic heterocycles. The van der Waals surface area contributed by atoms with E-state index in [0.717, 1.165) is 29.8 Å². The van der Waals surface area contributed by atoms with Crippen molar-refractivity contribution >= 4 is 22.2 Å². The molecule has 1 fully saturated rings. The van der Waals surface area contributed by atoms with E-state index in [0.29, 0.717) is 10.6 Å². The van der Waals surface area contributed by atoms with Crippen LogP contribution in [0.2, 0.25) is 0 Å². The number of nitrogens with one attached hydrogen (secondary N) is 2. The van der Waals surface area contributed by atoms with E-state index in [1.807, 2.05) is 13.8 Å². The third-order valence-electron chi connectivity index (χ3n) is 3.11. The highest BCUT2D eigenvalue weighted by Crippen LogP contribution is 2.31. The molecule has 0 spiro atoms. The summed E-state index contributed by atoms with van der Waals surface area (Å²) in [4.78, 5) is 13.0. The van der Waals surface area contributed by atoms with E-state index in [1.165, 1.54) is 11.3 Å². The molecular formula is C12H15N3OS. The summed E-state index contributed by atoms with van der Waals surface area (Å²) in [6, 6.07) is 2.05. The number of aryl methyl sites for hydroxylation is 1. The number of nitrogens with zero attached hydrogens (tertiary/aromatic N) is 1. The van der Waals surface area contributed by atoms with E-state index in [-0.39, 0.29) is 11.9 Å². The Hall–Kier alpha value is -1.38. The van der Waals surface area contributed by atoms with E-state index < -0.39 is 0 Å². The van der Waals surface area contributed by atoms with Crippen molar-refractivity contribution in [3.8, 4) is 6.07 Å². The van der Waals surface area contributed by atoms with Gasteiger partial charge < -0.3 is 10.6 Å². The number of rotatable bonds is 2. The molecule has 1 atom stereocenters. The Balaban J connectivity index is 2.16. The fraction of sp³-hybridized carbons (Fsp3) is 0.500. The second kappa shape index (κ2) is 4.86. The van der Waals surface area contributed by atoms with E-state index in [2.05, 4.69) is 16.7 Å². The van der Waals surface area contributed by atoms with Crippen LogP contribution in [-0.2, 0) is 4.79 Å². The van der Waals surface area contributed by atoms with Crippen LogP contribution >= 0.6 is 11.3 Å². The maximum absolute atomic E-state index is 11.9. The molecule has 2 rings (SSSR count). The Bertz CT molecular complexity index is 481. The first kappa shape index (κ1) is 12.1. The van der Waals surface area contributed by atoms with Gasteiger partial charge in [0.25, 0.3) is 0 Å². The molecular weight excluding hydrogens is 234 g/mol. The van der Waals surface area contributed by atoms with E-state index >= 15 is 0 Å². The molecule has 2 N–H and O–H groups in total. The lowest BCUT2D eigenvalue weighted by Crippen LogP contribution is -2.35. The zero-order valence-corrected chi connectivity index (χ0v) is 10.8. The van der Waals surface area contributed by atoms with Crippen LogP contribution in [0.15, 0.2) is 0 Å². The first-order valence-corrected chi connectivity index (χ1v) is 6.49. The number of nitriles is 1. The van der Waals surface area contributed by atoms with Crippen molar-refractivity contribution in [1.82, 2.24) is 5.32 Å². The van der Waals surface area contributed by atoms with Crippen molar-refractivity contribution in [2.24, 2.45) is 0 Å². The summed E-state index contributed by atoms with van der Waals surface area (Å²) in [7, 11) is 0. The van der Waals surface area contributed by atoms with Crippen LogP contribution in [-0.4, -0.2) is 18.5 Å². The molecule has 1 aliphatic heterocycles. The first-order valence-electron chi connectivity index (χ1n) is 5.68. The monoisotopic (exact) mass is 249 g/mol. The van der Waals surface area contributed by atoms with Gasteiger partial charge in [-0.15, -0.1) is 11.3 Å². The summed E-state index contributed by atoms with van der Waals surface area (Å²) in [5.74, 6) is -0.0275. The molecule has 1 saturated heterocycles. The van der Waals surface area contributed by atoms with Crippen LogP contribution in [0.1, 0.15) is 28.8 Å². The molecule has 1 aromatic rings. The van der Waals surface area contributed by atoms with Crippen molar-refractivity contribution in [3.63, 3.8) is 0 Å². The zero-order chi connectivity index (χ0) is 12.4. The van der Waals surface area contributed by atoms with Crippen LogP contribution in [0.4, 0.5) is 5.00 Å². The smallest absolute Gasteiger partial charge is 0.242 e. The Morgan fingerprint density at radius 3 is 2.94 bits per heavy atom. The molecule has 90 valence electrons. The average Bonchev–Trinajstić information content (AvgIpc) is 2.89. The second-order valence-electron chi connectivity index (χ2n) is 4.24. The first-order chi connectivity index (χ1) is 8.13. The number of thiophene rings is 1. The Morgan fingerprint density at radius 1 is 1.59 bits per heavy atom. The zero-order valence-electron chi connectivity index (χ0n) is 9.96. The highest BCUT2D eigenvalue weighted by Gasteiger charge is 2.23. The topological polar surface area (TPSA) is 64.9 Å². The highest BCUT2D eigenvalue weighted by atomic mass is 32.1. The predicted octanol–water partition coefficient (Wildman–Crippen LogP) is 1.93. The van der Waals surface area contributed by atoms with Gasteiger partial charge >= 0.3 is 0 Å². The largest absolute Gasteiger partial charge is 0.315 e. The Labute approximate surface area is 105 Å². The molecule has 17 heavy (non-hydrogen) atoms. The van der Waals surface area contributed by atoms with Crippen molar-refractivity contribution < 1.29 is 4.79 Å². The Morgan fingerprint density at radius 2 is 2.35 bits per heavy atom. The summed E-state index contributed by atoms with van der Waals surface area (Å²) in [5, 5.41) is 15.8. The van der Waals surface area contributed by atoms with Crippen molar-refractivity contribution in [2.45, 2.75) is 32.7 Å². The summed E-state index contributed by atoms with van der Waals surface area (Å²) >= 11 is 1.47. The SMILES string of the molecule is Cc1sc(NC(=O)[C@@H]2CCCN2)c(C#N)c1C. The van der Waals surface area contributed by atoms with Gasteiger partial charge in [0.2, 0.25) is 5.91 Å². The van der Waals surface area contributed by atoms with Crippen molar-refractivity contribution in [3.05, 3.63) is 16.0 Å². The molecule has 5 heteroatoms. The van der Waals surface area contributed by atoms with Crippen LogP contribution in [0.3, 0.4) is 0 Å². The third kappa shape index (κ3) is 2.33. The fourth-order valence-electron chi connectivity index (χ4n) is 1.96. The minimum Gasteiger partial charge on any atom is -0.315 e. The van der Waals surface area contributed by atoms with Gasteiger partial charge in [0.15, 0.2) is 0 Å². The standard InChI is InChI=1S/C12H15N3OS/c1-7-8(2)17-12(9(7)6-13)15-11(16)10-4-3-5-14-10/h10,14H,3-5H2,1-2H3,(H,15,16)/t10-/m0/s1. The number of hydrogen-bond donors (Lipinski definition) is 2. The minimum atomic E-state index is -0.107. The van der Waals surface area contributed by atoms with Crippen molar-refractivity contribution in [1.29, 1.82) is 5.26 Å². The van der Waals surface area contributed by atoms with Crippen LogP contribution < -0.4 is 10.6 Å². The molecule has 0 aromatic carbocycles. The molecule has 0 aliphatic carbocycles. The van der Waals surface area contributed by atoms with Gasteiger partial charge in [-0.2, -0.15) is 5.26 Å². The summed E-state index contributed by atoms with van der Waals surface area (Å²) in [6.07, 6.45) is 1.91. The van der Waals surface area contributed by atoms with Gasteiger partial charge in [-0.3, -0.25) is 4.79 Å². The van der Waals surface area contributed by atoms with Crippen LogP contribution in [0.5, 0.6) is 0 Å². The quantitative estimate of drug-likeness (QED) is 0.841. The number of hydrogen-bond acceptors (Lipinski definition) is 4. The number of carbonyl (C=O) groups excluding carboxylic acids is 1. The van der Waals surface area contributed by atoms with Gasteiger partial charge in [0.1, 0.15) is 11.1 Å². The normalized spacial score (nSPS) is 19.0. The molecule has 4 nitrogen and oxygen atoms in total. The summed E-state index contributed by atoms with van der Waals surface area (Å²) < 4.78 is 0. The molecule has 0 unspecified atom stereocenters. The predicted molar refractivity (Wildman–Crippen MR) is 68.2 cm³/mol. The van der Waals surface area contributed by atoms with E-state index in [4.69, 9.17) is 5.26 Å². The average molecular weight is 249 g/mol. The highest BCUT2D eigenvalue weighted by molar-refractivity contribution is 7.16. The van der Waals surface area contributed by atoms with Crippen LogP contribution in [0, 0.1) is 25.2 Å². The number of anilines is 1. The molecule has 0 bridgehead atoms. The van der Waals surface area contributed by atoms with Gasteiger partial charge in [0, 0.05) is 4.88 Å². The third-order valence-corrected chi connectivity index (χ3v) is 4.23. The molecule has 2 heterocycles. The number of amides is 1. The van der Waals surface area contributed by atoms with Gasteiger partial charge in [0.05, 0.1) is 11.6 Å². The summed E-state index contributed by atoms with van der Waals surface area (Å²) in [6.45, 7) is 4.77. The minimum absolute atomic E-state index is 0.0275. The molecule has 1 aliphatic rings. The Kier molecular flexibility index (Phi) is 3.46. The van der Waals surface area contributed by atoms with Gasteiger partial charge in [-0.05, 0) is 38.8 Å². The lowest BCUT2D eigenvalue weighted by atomic mass is 10.2. The second-order valence-corrected chi connectivity index (χ2v) is 5.46. The fourth-order valence-corrected chi connectivity index (χ4v) is 2.97.